The zero-order valence-electron chi connectivity index (χ0n) is 15.3. The van der Waals surface area contributed by atoms with Crippen LogP contribution in [0.5, 0.6) is 11.8 Å². The number of nitrogen functional groups attached to an aromatic ring is 1. The van der Waals surface area contributed by atoms with Crippen molar-refractivity contribution in [2.45, 2.75) is 26.3 Å². The summed E-state index contributed by atoms with van der Waals surface area (Å²) in [4.78, 5) is 16.1. The maximum atomic E-state index is 13.5. The minimum absolute atomic E-state index is 0.0218. The van der Waals surface area contributed by atoms with Crippen LogP contribution < -0.4 is 15.8 Å². The Morgan fingerprint density at radius 3 is 2.64 bits per heavy atom. The smallest absolute Gasteiger partial charge is 0.399 e. The predicted octanol–water partition coefficient (Wildman–Crippen LogP) is 4.38. The number of nitrogens with two attached hydrogens (primary N) is 1. The zero-order valence-corrected chi connectivity index (χ0v) is 15.3. The first kappa shape index (κ1) is 19.3. The summed E-state index contributed by atoms with van der Waals surface area (Å²) in [6.45, 7) is 4.02. The van der Waals surface area contributed by atoms with E-state index >= 15 is 0 Å². The Morgan fingerprint density at radius 2 is 1.96 bits per heavy atom. The molecule has 1 aromatic heterocycles. The molecule has 28 heavy (non-hydrogen) atoms. The second-order valence-corrected chi connectivity index (χ2v) is 6.48. The van der Waals surface area contributed by atoms with E-state index in [0.29, 0.717) is 11.7 Å². The molecule has 0 aliphatic carbocycles. The summed E-state index contributed by atoms with van der Waals surface area (Å²) in [7, 11) is 0. The van der Waals surface area contributed by atoms with Gasteiger partial charge in [-0.25, -0.2) is 8.78 Å². The molecule has 2 aromatic carbocycles. The van der Waals surface area contributed by atoms with E-state index in [1.165, 1.54) is 0 Å². The van der Waals surface area contributed by atoms with Gasteiger partial charge in [-0.3, -0.25) is 4.79 Å². The third kappa shape index (κ3) is 4.46. The Morgan fingerprint density at radius 1 is 1.25 bits per heavy atom. The van der Waals surface area contributed by atoms with Gasteiger partial charge in [0.2, 0.25) is 0 Å². The molecule has 0 spiro atoms. The first-order valence-corrected chi connectivity index (χ1v) is 8.58. The van der Waals surface area contributed by atoms with Crippen molar-refractivity contribution in [2.75, 3.05) is 5.73 Å². The summed E-state index contributed by atoms with van der Waals surface area (Å²) in [5.41, 5.74) is 5.95. The van der Waals surface area contributed by atoms with Crippen LogP contribution in [0.2, 0.25) is 0 Å². The largest absolute Gasteiger partial charge is 0.416 e. The van der Waals surface area contributed by atoms with Gasteiger partial charge in [-0.05, 0) is 41.3 Å². The number of anilines is 1. The molecule has 0 radical (unpaired) electrons. The number of nitrogens with one attached hydrogen (secondary N) is 1. The number of nitrogens with zero attached hydrogens (tertiary/aromatic N) is 1. The number of benzene rings is 2. The zero-order chi connectivity index (χ0) is 20.3. The maximum Gasteiger partial charge on any atom is 0.399 e. The number of hydrogen-bond acceptors (Lipinski definition) is 5. The molecule has 3 rings (SSSR count). The van der Waals surface area contributed by atoms with E-state index in [4.69, 9.17) is 14.9 Å². The third-order valence-electron chi connectivity index (χ3n) is 4.04. The van der Waals surface area contributed by atoms with Gasteiger partial charge in [0.25, 0.3) is 5.91 Å². The second kappa shape index (κ2) is 8.08. The minimum Gasteiger partial charge on any atom is -0.416 e. The number of aromatic nitrogens is 1. The molecule has 0 aliphatic rings. The van der Waals surface area contributed by atoms with E-state index in [2.05, 4.69) is 24.1 Å². The van der Waals surface area contributed by atoms with E-state index in [-0.39, 0.29) is 23.9 Å². The third-order valence-corrected chi connectivity index (χ3v) is 4.04. The minimum atomic E-state index is -0.884. The molecule has 1 amide bonds. The first-order chi connectivity index (χ1) is 13.3. The van der Waals surface area contributed by atoms with Gasteiger partial charge in [-0.2, -0.15) is 4.98 Å². The number of carbonyl (C=O) groups excluding carboxylic acids is 1. The van der Waals surface area contributed by atoms with Crippen molar-refractivity contribution >= 4 is 11.6 Å². The normalized spacial score (nSPS) is 10.9. The summed E-state index contributed by atoms with van der Waals surface area (Å²) < 4.78 is 37.6. The van der Waals surface area contributed by atoms with Crippen LogP contribution in [0.3, 0.4) is 0 Å². The molecule has 1 heterocycles. The highest BCUT2D eigenvalue weighted by Crippen LogP contribution is 2.25. The van der Waals surface area contributed by atoms with E-state index < -0.39 is 23.2 Å². The monoisotopic (exact) mass is 387 g/mol. The lowest BCUT2D eigenvalue weighted by atomic mass is 10.0. The van der Waals surface area contributed by atoms with Gasteiger partial charge in [0, 0.05) is 6.54 Å². The fraction of sp³-hybridized carbons (Fsp3) is 0.200. The molecule has 3 N–H and O–H groups in total. The molecule has 0 fully saturated rings. The number of hydrogen-bond donors (Lipinski definition) is 2. The highest BCUT2D eigenvalue weighted by Gasteiger charge is 2.15. The second-order valence-electron chi connectivity index (χ2n) is 6.48. The topological polar surface area (TPSA) is 90.4 Å². The van der Waals surface area contributed by atoms with E-state index in [1.54, 1.807) is 6.07 Å². The number of ether oxygens (including phenoxy) is 1. The Kier molecular flexibility index (Phi) is 5.58. The van der Waals surface area contributed by atoms with Crippen LogP contribution in [0.1, 0.15) is 41.4 Å². The predicted molar refractivity (Wildman–Crippen MR) is 99.0 cm³/mol. The molecule has 6 nitrogen and oxygen atoms in total. The fourth-order valence-corrected chi connectivity index (χ4v) is 2.46. The van der Waals surface area contributed by atoms with Gasteiger partial charge in [-0.1, -0.05) is 26.0 Å². The Balaban J connectivity index is 1.63. The van der Waals surface area contributed by atoms with Crippen LogP contribution in [0.4, 0.5) is 14.5 Å². The van der Waals surface area contributed by atoms with Gasteiger partial charge in [0.15, 0.2) is 5.69 Å². The number of halogens is 2. The Labute approximate surface area is 160 Å². The lowest BCUT2D eigenvalue weighted by Gasteiger charge is -2.07. The van der Waals surface area contributed by atoms with Crippen molar-refractivity contribution in [3.63, 3.8) is 0 Å². The van der Waals surface area contributed by atoms with Crippen molar-refractivity contribution in [2.24, 2.45) is 0 Å². The average molecular weight is 387 g/mol. The van der Waals surface area contributed by atoms with E-state index in [0.717, 1.165) is 24.0 Å². The van der Waals surface area contributed by atoms with Crippen LogP contribution in [-0.2, 0) is 6.54 Å². The molecule has 0 atom stereocenters. The fourth-order valence-electron chi connectivity index (χ4n) is 2.46. The van der Waals surface area contributed by atoms with Crippen LogP contribution >= 0.6 is 0 Å². The molecular weight excluding hydrogens is 368 g/mol. The number of rotatable bonds is 6. The highest BCUT2D eigenvalue weighted by molar-refractivity contribution is 5.91. The molecule has 0 aliphatic heterocycles. The molecule has 0 bridgehead atoms. The lowest BCUT2D eigenvalue weighted by Crippen LogP contribution is -2.23. The maximum absolute atomic E-state index is 13.5. The average Bonchev–Trinajstić information content (AvgIpc) is 3.12. The number of oxazole rings is 1. The highest BCUT2D eigenvalue weighted by atomic mass is 19.1. The van der Waals surface area contributed by atoms with Gasteiger partial charge in [0.05, 0.1) is 0 Å². The van der Waals surface area contributed by atoms with E-state index in [1.807, 2.05) is 18.2 Å². The Bertz CT molecular complexity index is 979. The molecule has 0 saturated carbocycles. The molecule has 3 aromatic rings. The molecule has 0 saturated heterocycles. The van der Waals surface area contributed by atoms with Gasteiger partial charge in [-0.15, -0.1) is 0 Å². The molecule has 146 valence electrons. The lowest BCUT2D eigenvalue weighted by molar-refractivity contribution is 0.0945. The number of amides is 1. The van der Waals surface area contributed by atoms with Crippen molar-refractivity contribution in [3.05, 3.63) is 71.1 Å². The molecule has 8 heteroatoms. The van der Waals surface area contributed by atoms with Gasteiger partial charge in [0.1, 0.15) is 29.3 Å². The summed E-state index contributed by atoms with van der Waals surface area (Å²) >= 11 is 0. The quantitative estimate of drug-likeness (QED) is 0.613. The summed E-state index contributed by atoms with van der Waals surface area (Å²) in [6, 6.07) is 9.55. The molecular formula is C20H19F2N3O3. The van der Waals surface area contributed by atoms with E-state index in [9.17, 15) is 13.6 Å². The van der Waals surface area contributed by atoms with Crippen LogP contribution in [0.15, 0.2) is 47.1 Å². The van der Waals surface area contributed by atoms with Crippen molar-refractivity contribution in [3.8, 4) is 11.8 Å². The summed E-state index contributed by atoms with van der Waals surface area (Å²) in [6.07, 6.45) is 1.05. The van der Waals surface area contributed by atoms with Gasteiger partial charge >= 0.3 is 6.08 Å². The van der Waals surface area contributed by atoms with Crippen LogP contribution in [0.25, 0.3) is 0 Å². The first-order valence-electron chi connectivity index (χ1n) is 8.58. The SMILES string of the molecule is CC(C)c1cccc(Oc2nc(C(=O)NCc3cc(F)c(N)c(F)c3)co2)c1. The van der Waals surface area contributed by atoms with Crippen molar-refractivity contribution in [1.82, 2.24) is 10.3 Å². The van der Waals surface area contributed by atoms with Crippen LogP contribution in [-0.4, -0.2) is 10.9 Å². The van der Waals surface area contributed by atoms with Crippen molar-refractivity contribution in [1.29, 1.82) is 0 Å². The number of carbonyl (C=O) groups is 1. The summed E-state index contributed by atoms with van der Waals surface area (Å²) in [5.74, 6) is -1.48. The summed E-state index contributed by atoms with van der Waals surface area (Å²) in [5, 5.41) is 2.50. The Hall–Kier alpha value is -3.42. The van der Waals surface area contributed by atoms with Gasteiger partial charge < -0.3 is 20.2 Å². The van der Waals surface area contributed by atoms with Crippen LogP contribution in [0, 0.1) is 11.6 Å². The molecule has 0 unspecified atom stereocenters. The van der Waals surface area contributed by atoms with Crippen molar-refractivity contribution < 1.29 is 22.7 Å². The standard InChI is InChI=1S/C20H19F2N3O3/c1-11(2)13-4-3-5-14(8-13)28-20-25-17(10-27-20)19(26)24-9-12-6-15(21)18(23)16(22)7-12/h3-8,10-11H,9,23H2,1-2H3,(H,24,26).